The molecule has 0 spiro atoms. The van der Waals surface area contributed by atoms with Gasteiger partial charge in [-0.2, -0.15) is 0 Å². The zero-order chi connectivity index (χ0) is 12.1. The van der Waals surface area contributed by atoms with Crippen molar-refractivity contribution < 1.29 is 4.79 Å². The highest BCUT2D eigenvalue weighted by molar-refractivity contribution is 5.85. The van der Waals surface area contributed by atoms with Crippen molar-refractivity contribution in [1.29, 1.82) is 0 Å². The maximum Gasteiger partial charge on any atom is 0.236 e. The topological polar surface area (TPSA) is 49.6 Å². The van der Waals surface area contributed by atoms with Gasteiger partial charge >= 0.3 is 0 Å². The Labute approximate surface area is 111 Å². The summed E-state index contributed by atoms with van der Waals surface area (Å²) in [5.41, 5.74) is 5.88. The first-order valence-electron chi connectivity index (χ1n) is 6.34. The average Bonchev–Trinajstić information content (AvgIpc) is 2.68. The lowest BCUT2D eigenvalue weighted by Crippen LogP contribution is -2.40. The van der Waals surface area contributed by atoms with Crippen LogP contribution in [0.15, 0.2) is 0 Å². The van der Waals surface area contributed by atoms with Gasteiger partial charge in [0.05, 0.1) is 6.54 Å². The molecule has 0 aromatic heterocycles. The molecule has 0 saturated carbocycles. The van der Waals surface area contributed by atoms with E-state index in [1.807, 2.05) is 18.7 Å². The van der Waals surface area contributed by atoms with Crippen LogP contribution >= 0.6 is 12.4 Å². The van der Waals surface area contributed by atoms with E-state index in [0.717, 1.165) is 32.6 Å². The lowest BCUT2D eigenvalue weighted by Gasteiger charge is -2.23. The summed E-state index contributed by atoms with van der Waals surface area (Å²) < 4.78 is 0. The number of amides is 1. The number of nitrogens with zero attached hydrogens (tertiary/aromatic N) is 2. The third-order valence-electron chi connectivity index (χ3n) is 3.53. The number of carbonyl (C=O) groups is 1. The third kappa shape index (κ3) is 4.82. The maximum absolute atomic E-state index is 11.9. The van der Waals surface area contributed by atoms with Gasteiger partial charge in [0.15, 0.2) is 0 Å². The molecule has 17 heavy (non-hydrogen) atoms. The van der Waals surface area contributed by atoms with Gasteiger partial charge < -0.3 is 10.6 Å². The van der Waals surface area contributed by atoms with Gasteiger partial charge in [-0.15, -0.1) is 12.4 Å². The van der Waals surface area contributed by atoms with Crippen molar-refractivity contribution in [3.05, 3.63) is 0 Å². The molecule has 0 aromatic rings. The van der Waals surface area contributed by atoms with Gasteiger partial charge in [0, 0.05) is 25.7 Å². The number of nitrogens with two attached hydrogens (primary N) is 1. The Morgan fingerprint density at radius 1 is 1.47 bits per heavy atom. The first-order valence-corrected chi connectivity index (χ1v) is 6.34. The summed E-state index contributed by atoms with van der Waals surface area (Å²) >= 11 is 0. The molecule has 102 valence electrons. The molecule has 0 radical (unpaired) electrons. The zero-order valence-electron chi connectivity index (χ0n) is 11.2. The zero-order valence-corrected chi connectivity index (χ0v) is 12.0. The van der Waals surface area contributed by atoms with Gasteiger partial charge in [0.2, 0.25) is 5.91 Å². The van der Waals surface area contributed by atoms with Crippen LogP contribution in [0, 0.1) is 5.92 Å². The molecule has 5 heteroatoms. The summed E-state index contributed by atoms with van der Waals surface area (Å²) in [6, 6.07) is 0.244. The third-order valence-corrected chi connectivity index (χ3v) is 3.53. The van der Waals surface area contributed by atoms with Crippen LogP contribution in [0.25, 0.3) is 0 Å². The van der Waals surface area contributed by atoms with E-state index in [9.17, 15) is 4.79 Å². The van der Waals surface area contributed by atoms with E-state index < -0.39 is 0 Å². The lowest BCUT2D eigenvalue weighted by atomic mass is 10.0. The van der Waals surface area contributed by atoms with Crippen LogP contribution in [-0.2, 0) is 4.79 Å². The quantitative estimate of drug-likeness (QED) is 0.803. The van der Waals surface area contributed by atoms with Crippen molar-refractivity contribution in [3.63, 3.8) is 0 Å². The second-order valence-electron chi connectivity index (χ2n) is 4.71. The van der Waals surface area contributed by atoms with E-state index in [-0.39, 0.29) is 24.4 Å². The highest BCUT2D eigenvalue weighted by atomic mass is 35.5. The van der Waals surface area contributed by atoms with Crippen LogP contribution in [0.1, 0.15) is 27.2 Å². The van der Waals surface area contributed by atoms with Crippen molar-refractivity contribution >= 4 is 18.3 Å². The molecular weight excluding hydrogens is 238 g/mol. The fourth-order valence-corrected chi connectivity index (χ4v) is 2.30. The fraction of sp³-hybridized carbons (Fsp3) is 0.917. The van der Waals surface area contributed by atoms with Gasteiger partial charge in [-0.25, -0.2) is 0 Å². The van der Waals surface area contributed by atoms with Crippen LogP contribution in [0.2, 0.25) is 0 Å². The van der Waals surface area contributed by atoms with Crippen LogP contribution in [0.4, 0.5) is 0 Å². The molecule has 1 fully saturated rings. The standard InChI is InChI=1S/C12H25N3O.ClH/c1-4-15(5-2)12(16)9-14-7-6-11(8-14)10(3)13;/h10-11H,4-9,13H2,1-3H3;1H. The van der Waals surface area contributed by atoms with E-state index in [2.05, 4.69) is 11.8 Å². The Hall–Kier alpha value is -0.320. The number of likely N-dealkylation sites (N-methyl/N-ethyl adjacent to an activating group) is 1. The van der Waals surface area contributed by atoms with Crippen molar-refractivity contribution in [2.75, 3.05) is 32.7 Å². The molecular formula is C12H26ClN3O. The molecule has 1 aliphatic rings. The monoisotopic (exact) mass is 263 g/mol. The smallest absolute Gasteiger partial charge is 0.236 e. The number of carbonyl (C=O) groups excluding carboxylic acids is 1. The van der Waals surface area contributed by atoms with Gasteiger partial charge in [-0.05, 0) is 39.7 Å². The fourth-order valence-electron chi connectivity index (χ4n) is 2.30. The Kier molecular flexibility index (Phi) is 7.75. The summed E-state index contributed by atoms with van der Waals surface area (Å²) in [5, 5.41) is 0. The Morgan fingerprint density at radius 3 is 2.47 bits per heavy atom. The summed E-state index contributed by atoms with van der Waals surface area (Å²) in [4.78, 5) is 16.0. The van der Waals surface area contributed by atoms with Gasteiger partial charge in [-0.3, -0.25) is 9.69 Å². The van der Waals surface area contributed by atoms with Crippen molar-refractivity contribution in [2.45, 2.75) is 33.2 Å². The molecule has 2 atom stereocenters. The number of likely N-dealkylation sites (tertiary alicyclic amines) is 1. The van der Waals surface area contributed by atoms with Crippen LogP contribution in [-0.4, -0.2) is 54.5 Å². The Bertz CT molecular complexity index is 232. The van der Waals surface area contributed by atoms with Gasteiger partial charge in [0.25, 0.3) is 0 Å². The largest absolute Gasteiger partial charge is 0.342 e. The predicted molar refractivity (Wildman–Crippen MR) is 73.4 cm³/mol. The molecule has 0 bridgehead atoms. The number of hydrogen-bond donors (Lipinski definition) is 1. The van der Waals surface area contributed by atoms with Crippen LogP contribution in [0.3, 0.4) is 0 Å². The second kappa shape index (κ2) is 7.90. The van der Waals surface area contributed by atoms with E-state index in [0.29, 0.717) is 12.5 Å². The minimum atomic E-state index is 0. The van der Waals surface area contributed by atoms with Crippen LogP contribution in [0.5, 0.6) is 0 Å². The highest BCUT2D eigenvalue weighted by Gasteiger charge is 2.27. The Morgan fingerprint density at radius 2 is 2.06 bits per heavy atom. The molecule has 4 nitrogen and oxygen atoms in total. The predicted octanol–water partition coefficient (Wildman–Crippen LogP) is 0.946. The van der Waals surface area contributed by atoms with Crippen LogP contribution < -0.4 is 5.73 Å². The molecule has 2 unspecified atom stereocenters. The lowest BCUT2D eigenvalue weighted by molar-refractivity contribution is -0.131. The molecule has 2 N–H and O–H groups in total. The van der Waals surface area contributed by atoms with E-state index in [4.69, 9.17) is 5.73 Å². The Balaban J connectivity index is 0.00000256. The molecule has 1 amide bonds. The second-order valence-corrected chi connectivity index (χ2v) is 4.71. The SMILES string of the molecule is CCN(CC)C(=O)CN1CCC(C(C)N)C1.Cl. The van der Waals surface area contributed by atoms with Crippen molar-refractivity contribution in [1.82, 2.24) is 9.80 Å². The van der Waals surface area contributed by atoms with E-state index in [1.165, 1.54) is 0 Å². The number of rotatable bonds is 5. The molecule has 1 rings (SSSR count). The van der Waals surface area contributed by atoms with Crippen molar-refractivity contribution in [2.24, 2.45) is 11.7 Å². The number of halogens is 1. The normalized spacial score (nSPS) is 22.0. The van der Waals surface area contributed by atoms with Gasteiger partial charge in [0.1, 0.15) is 0 Å². The number of hydrogen-bond acceptors (Lipinski definition) is 3. The molecule has 0 aromatic carbocycles. The summed E-state index contributed by atoms with van der Waals surface area (Å²) in [6.07, 6.45) is 1.13. The molecule has 1 heterocycles. The highest BCUT2D eigenvalue weighted by Crippen LogP contribution is 2.18. The summed E-state index contributed by atoms with van der Waals surface area (Å²) in [7, 11) is 0. The summed E-state index contributed by atoms with van der Waals surface area (Å²) in [5.74, 6) is 0.805. The molecule has 0 aliphatic carbocycles. The average molecular weight is 264 g/mol. The van der Waals surface area contributed by atoms with Gasteiger partial charge in [-0.1, -0.05) is 0 Å². The summed E-state index contributed by atoms with van der Waals surface area (Å²) in [6.45, 7) is 10.3. The molecule has 1 aliphatic heterocycles. The molecule has 1 saturated heterocycles. The first kappa shape index (κ1) is 16.7. The van der Waals surface area contributed by atoms with E-state index in [1.54, 1.807) is 0 Å². The minimum Gasteiger partial charge on any atom is -0.342 e. The first-order chi connectivity index (χ1) is 7.58. The van der Waals surface area contributed by atoms with E-state index >= 15 is 0 Å². The maximum atomic E-state index is 11.9. The minimum absolute atomic E-state index is 0. The van der Waals surface area contributed by atoms with Crippen molar-refractivity contribution in [3.8, 4) is 0 Å².